The summed E-state index contributed by atoms with van der Waals surface area (Å²) in [7, 11) is 0. The Bertz CT molecular complexity index is 1100. The molecule has 0 aliphatic carbocycles. The molecule has 0 saturated carbocycles. The summed E-state index contributed by atoms with van der Waals surface area (Å²) in [6.07, 6.45) is 10.8. The lowest BCUT2D eigenvalue weighted by molar-refractivity contribution is -0.142. The van der Waals surface area contributed by atoms with Gasteiger partial charge in [0, 0.05) is 37.7 Å². The van der Waals surface area contributed by atoms with Gasteiger partial charge < -0.3 is 20.6 Å². The van der Waals surface area contributed by atoms with Gasteiger partial charge in [0.25, 0.3) is 0 Å². The minimum atomic E-state index is -0.975. The molecule has 38 heavy (non-hydrogen) atoms. The molecule has 5 heterocycles. The zero-order valence-corrected chi connectivity index (χ0v) is 22.0. The van der Waals surface area contributed by atoms with Crippen LogP contribution in [0.1, 0.15) is 55.6 Å². The number of carboxylic acids is 1. The van der Waals surface area contributed by atoms with Crippen molar-refractivity contribution in [3.63, 3.8) is 0 Å². The van der Waals surface area contributed by atoms with Crippen LogP contribution < -0.4 is 10.6 Å². The Kier molecular flexibility index (Phi) is 8.80. The topological polar surface area (TPSA) is 124 Å². The van der Waals surface area contributed by atoms with Gasteiger partial charge >= 0.3 is 5.97 Å². The van der Waals surface area contributed by atoms with E-state index >= 15 is 0 Å². The lowest BCUT2D eigenvalue weighted by atomic mass is 10.00. The van der Waals surface area contributed by atoms with Gasteiger partial charge in [-0.1, -0.05) is 6.07 Å². The fraction of sp³-hybridized carbons (Fsp3) is 0.607. The van der Waals surface area contributed by atoms with Crippen LogP contribution in [0.5, 0.6) is 0 Å². The standard InChI is InChI=1S/C28H39N7O3/c36-27(24-5-2-15-35(24)19-25-29-13-3-14-30-25)33-23(28(37)38)11-17-34-16-10-20(18-34)6-8-22-9-7-21-4-1-12-31-26(21)32-22/h3,7,9,13-14,20,23-24H,1-2,4-6,8,10-12,15-19H2,(H,31,32)(H,33,36)(H,37,38)/t20-,23?,24+/m1/s1. The number of nitrogens with one attached hydrogen (secondary N) is 2. The highest BCUT2D eigenvalue weighted by Crippen LogP contribution is 2.24. The molecule has 2 aromatic rings. The van der Waals surface area contributed by atoms with Gasteiger partial charge in [0.2, 0.25) is 5.91 Å². The molecule has 2 saturated heterocycles. The molecule has 0 bridgehead atoms. The smallest absolute Gasteiger partial charge is 0.326 e. The molecule has 2 fully saturated rings. The molecule has 3 N–H and O–H groups in total. The number of pyridine rings is 1. The van der Waals surface area contributed by atoms with Crippen LogP contribution in [-0.4, -0.2) is 86.5 Å². The van der Waals surface area contributed by atoms with E-state index in [4.69, 9.17) is 4.98 Å². The molecule has 10 nitrogen and oxygen atoms in total. The van der Waals surface area contributed by atoms with Crippen LogP contribution in [0.2, 0.25) is 0 Å². The van der Waals surface area contributed by atoms with E-state index in [0.29, 0.717) is 37.7 Å². The molecular formula is C28H39N7O3. The SMILES string of the molecule is O=C(O)C(CCN1CC[C@@H](CCc2ccc3c(n2)NCCC3)C1)NC(=O)[C@@H]1CCCN1Cc1ncccn1. The van der Waals surface area contributed by atoms with Crippen molar-refractivity contribution in [3.05, 3.63) is 47.7 Å². The van der Waals surface area contributed by atoms with E-state index in [1.54, 1.807) is 18.5 Å². The molecule has 0 radical (unpaired) electrons. The summed E-state index contributed by atoms with van der Waals surface area (Å²) in [4.78, 5) is 42.7. The second kappa shape index (κ2) is 12.6. The highest BCUT2D eigenvalue weighted by atomic mass is 16.4. The molecule has 204 valence electrons. The quantitative estimate of drug-likeness (QED) is 0.408. The number of anilines is 1. The van der Waals surface area contributed by atoms with E-state index in [2.05, 4.69) is 37.6 Å². The minimum Gasteiger partial charge on any atom is -0.480 e. The number of carboxylic acid groups (broad SMARTS) is 1. The van der Waals surface area contributed by atoms with Crippen LogP contribution >= 0.6 is 0 Å². The number of fused-ring (bicyclic) bond motifs is 1. The van der Waals surface area contributed by atoms with Gasteiger partial charge in [-0.15, -0.1) is 0 Å². The van der Waals surface area contributed by atoms with Crippen LogP contribution in [0.3, 0.4) is 0 Å². The predicted molar refractivity (Wildman–Crippen MR) is 144 cm³/mol. The summed E-state index contributed by atoms with van der Waals surface area (Å²) in [5, 5.41) is 16.0. The van der Waals surface area contributed by atoms with Gasteiger partial charge in [0.15, 0.2) is 0 Å². The van der Waals surface area contributed by atoms with Crippen molar-refractivity contribution >= 4 is 17.7 Å². The number of rotatable bonds is 11. The number of nitrogens with zero attached hydrogens (tertiary/aromatic N) is 5. The number of aromatic nitrogens is 3. The van der Waals surface area contributed by atoms with Gasteiger partial charge in [0.05, 0.1) is 12.6 Å². The molecular weight excluding hydrogens is 482 g/mol. The van der Waals surface area contributed by atoms with Crippen molar-refractivity contribution in [2.45, 2.75) is 70.0 Å². The maximum atomic E-state index is 13.0. The second-order valence-electron chi connectivity index (χ2n) is 10.8. The van der Waals surface area contributed by atoms with E-state index in [9.17, 15) is 14.7 Å². The highest BCUT2D eigenvalue weighted by molar-refractivity contribution is 5.87. The van der Waals surface area contributed by atoms with Crippen molar-refractivity contribution in [1.29, 1.82) is 0 Å². The van der Waals surface area contributed by atoms with Gasteiger partial charge in [-0.2, -0.15) is 0 Å². The Hall–Kier alpha value is -3.11. The molecule has 1 amide bonds. The fourth-order valence-corrected chi connectivity index (χ4v) is 5.95. The third-order valence-corrected chi connectivity index (χ3v) is 8.11. The lowest BCUT2D eigenvalue weighted by Crippen LogP contribution is -2.50. The summed E-state index contributed by atoms with van der Waals surface area (Å²) in [5.74, 6) is 1.13. The number of carbonyl (C=O) groups is 2. The van der Waals surface area contributed by atoms with Crippen LogP contribution in [0.15, 0.2) is 30.6 Å². The van der Waals surface area contributed by atoms with Gasteiger partial charge in [-0.3, -0.25) is 9.69 Å². The van der Waals surface area contributed by atoms with E-state index < -0.39 is 12.0 Å². The van der Waals surface area contributed by atoms with E-state index in [0.717, 1.165) is 69.8 Å². The summed E-state index contributed by atoms with van der Waals surface area (Å²) >= 11 is 0. The molecule has 0 aromatic carbocycles. The molecule has 5 rings (SSSR count). The number of hydrogen-bond donors (Lipinski definition) is 3. The number of hydrogen-bond acceptors (Lipinski definition) is 8. The van der Waals surface area contributed by atoms with Gasteiger partial charge in [0.1, 0.15) is 17.7 Å². The summed E-state index contributed by atoms with van der Waals surface area (Å²) in [6, 6.07) is 4.91. The molecule has 1 unspecified atom stereocenters. The third kappa shape index (κ3) is 6.85. The molecule has 10 heteroatoms. The van der Waals surface area contributed by atoms with Crippen molar-refractivity contribution in [2.75, 3.05) is 38.0 Å². The number of amides is 1. The van der Waals surface area contributed by atoms with E-state index in [1.165, 1.54) is 12.0 Å². The molecule has 3 aliphatic heterocycles. The summed E-state index contributed by atoms with van der Waals surface area (Å²) in [5.41, 5.74) is 2.46. The molecule has 3 aliphatic rings. The van der Waals surface area contributed by atoms with Crippen molar-refractivity contribution in [2.24, 2.45) is 5.92 Å². The van der Waals surface area contributed by atoms with E-state index in [1.807, 2.05) is 4.90 Å². The van der Waals surface area contributed by atoms with Crippen molar-refractivity contribution in [3.8, 4) is 0 Å². The Labute approximate surface area is 224 Å². The first-order chi connectivity index (χ1) is 18.5. The first-order valence-corrected chi connectivity index (χ1v) is 14.0. The van der Waals surface area contributed by atoms with Gasteiger partial charge in [-0.05, 0) is 88.1 Å². The average molecular weight is 522 g/mol. The fourth-order valence-electron chi connectivity index (χ4n) is 5.95. The Balaban J connectivity index is 1.06. The predicted octanol–water partition coefficient (Wildman–Crippen LogP) is 2.11. The van der Waals surface area contributed by atoms with Crippen molar-refractivity contribution in [1.82, 2.24) is 30.1 Å². The molecule has 2 aromatic heterocycles. The van der Waals surface area contributed by atoms with Crippen LogP contribution in [0, 0.1) is 5.92 Å². The zero-order chi connectivity index (χ0) is 26.3. The highest BCUT2D eigenvalue weighted by Gasteiger charge is 2.34. The zero-order valence-electron chi connectivity index (χ0n) is 22.0. The van der Waals surface area contributed by atoms with Crippen LogP contribution in [0.4, 0.5) is 5.82 Å². The monoisotopic (exact) mass is 521 g/mol. The van der Waals surface area contributed by atoms with Gasteiger partial charge in [-0.25, -0.2) is 19.7 Å². The first kappa shape index (κ1) is 26.5. The maximum absolute atomic E-state index is 13.0. The maximum Gasteiger partial charge on any atom is 0.326 e. The number of carbonyl (C=O) groups excluding carboxylic acids is 1. The largest absolute Gasteiger partial charge is 0.480 e. The number of aliphatic carboxylic acids is 1. The second-order valence-corrected chi connectivity index (χ2v) is 10.8. The average Bonchev–Trinajstić information content (AvgIpc) is 3.59. The molecule has 0 spiro atoms. The first-order valence-electron chi connectivity index (χ1n) is 14.0. The number of likely N-dealkylation sites (tertiary alicyclic amines) is 2. The number of aryl methyl sites for hydroxylation is 2. The summed E-state index contributed by atoms with van der Waals surface area (Å²) < 4.78 is 0. The third-order valence-electron chi connectivity index (χ3n) is 8.11. The van der Waals surface area contributed by atoms with Crippen molar-refractivity contribution < 1.29 is 14.7 Å². The van der Waals surface area contributed by atoms with Crippen LogP contribution in [-0.2, 0) is 29.0 Å². The molecule has 3 atom stereocenters. The van der Waals surface area contributed by atoms with E-state index in [-0.39, 0.29) is 11.9 Å². The van der Waals surface area contributed by atoms with Crippen LogP contribution in [0.25, 0.3) is 0 Å². The minimum absolute atomic E-state index is 0.211. The Morgan fingerprint density at radius 1 is 1.16 bits per heavy atom. The lowest BCUT2D eigenvalue weighted by Gasteiger charge is -2.25. The Morgan fingerprint density at radius 2 is 2.03 bits per heavy atom. The normalized spacial score (nSPS) is 22.5. The summed E-state index contributed by atoms with van der Waals surface area (Å²) in [6.45, 7) is 4.87. The Morgan fingerprint density at radius 3 is 2.87 bits per heavy atom.